The van der Waals surface area contributed by atoms with Crippen molar-refractivity contribution in [3.8, 4) is 11.8 Å². The Morgan fingerprint density at radius 3 is 2.45 bits per heavy atom. The summed E-state index contributed by atoms with van der Waals surface area (Å²) >= 11 is 0. The maximum Gasteiger partial charge on any atom is 0.187 e. The van der Waals surface area contributed by atoms with Crippen molar-refractivity contribution in [1.82, 2.24) is 0 Å². The van der Waals surface area contributed by atoms with Gasteiger partial charge in [-0.3, -0.25) is 0 Å². The van der Waals surface area contributed by atoms with Crippen LogP contribution in [0.1, 0.15) is 30.6 Å². The molecule has 0 aromatic heterocycles. The molecule has 0 heterocycles. The fraction of sp³-hybridized carbons (Fsp3) is 0.222. The molecule has 2 aromatic carbocycles. The van der Waals surface area contributed by atoms with Crippen molar-refractivity contribution in [2.75, 3.05) is 7.11 Å². The van der Waals surface area contributed by atoms with Crippen LogP contribution in [0.3, 0.4) is 0 Å². The number of benzene rings is 2. The molecular formula is C18H18N2O2. The van der Waals surface area contributed by atoms with E-state index in [2.05, 4.69) is 11.2 Å². The minimum absolute atomic E-state index is 0.158. The van der Waals surface area contributed by atoms with Crippen molar-refractivity contribution >= 4 is 5.71 Å². The molecule has 0 radical (unpaired) electrons. The van der Waals surface area contributed by atoms with Gasteiger partial charge >= 0.3 is 0 Å². The van der Waals surface area contributed by atoms with Gasteiger partial charge in [0.1, 0.15) is 25.0 Å². The largest absolute Gasteiger partial charge is 0.486 e. The number of rotatable bonds is 6. The Morgan fingerprint density at radius 1 is 1.14 bits per heavy atom. The Kier molecular flexibility index (Phi) is 5.56. The van der Waals surface area contributed by atoms with Gasteiger partial charge in [0.25, 0.3) is 0 Å². The van der Waals surface area contributed by atoms with Gasteiger partial charge in [-0.1, -0.05) is 54.5 Å². The first kappa shape index (κ1) is 15.6. The van der Waals surface area contributed by atoms with Crippen LogP contribution in [0.5, 0.6) is 5.75 Å². The average Bonchev–Trinajstić information content (AvgIpc) is 2.58. The van der Waals surface area contributed by atoms with E-state index in [9.17, 15) is 5.26 Å². The second-order valence-electron chi connectivity index (χ2n) is 4.65. The SMILES string of the molecule is CCC(Oc1ccccc1)c1ccccc1C(C#N)=NOC. The molecule has 0 bridgehead atoms. The van der Waals surface area contributed by atoms with E-state index in [0.717, 1.165) is 23.3 Å². The third-order valence-corrected chi connectivity index (χ3v) is 3.24. The zero-order valence-corrected chi connectivity index (χ0v) is 12.7. The fourth-order valence-electron chi connectivity index (χ4n) is 2.24. The zero-order valence-electron chi connectivity index (χ0n) is 12.7. The van der Waals surface area contributed by atoms with E-state index < -0.39 is 0 Å². The molecule has 22 heavy (non-hydrogen) atoms. The Hall–Kier alpha value is -2.80. The van der Waals surface area contributed by atoms with Gasteiger partial charge in [-0.15, -0.1) is 0 Å². The minimum Gasteiger partial charge on any atom is -0.486 e. The highest BCUT2D eigenvalue weighted by molar-refractivity contribution is 6.12. The third kappa shape index (κ3) is 3.64. The van der Waals surface area contributed by atoms with Gasteiger partial charge in [-0.25, -0.2) is 0 Å². The van der Waals surface area contributed by atoms with Crippen molar-refractivity contribution in [2.24, 2.45) is 5.16 Å². The molecule has 1 atom stereocenters. The van der Waals surface area contributed by atoms with Gasteiger partial charge in [-0.2, -0.15) is 5.26 Å². The van der Waals surface area contributed by atoms with Gasteiger partial charge in [0.15, 0.2) is 5.71 Å². The second-order valence-corrected chi connectivity index (χ2v) is 4.65. The lowest BCUT2D eigenvalue weighted by molar-refractivity contribution is 0.200. The van der Waals surface area contributed by atoms with Crippen LogP contribution >= 0.6 is 0 Å². The van der Waals surface area contributed by atoms with Crippen LogP contribution in [0.4, 0.5) is 0 Å². The topological polar surface area (TPSA) is 54.6 Å². The Balaban J connectivity index is 2.38. The number of oxime groups is 1. The molecule has 4 heteroatoms. The first-order chi connectivity index (χ1) is 10.8. The van der Waals surface area contributed by atoms with E-state index in [-0.39, 0.29) is 11.8 Å². The summed E-state index contributed by atoms with van der Waals surface area (Å²) in [5.41, 5.74) is 1.90. The fourth-order valence-corrected chi connectivity index (χ4v) is 2.24. The van der Waals surface area contributed by atoms with Gasteiger partial charge in [0.2, 0.25) is 0 Å². The molecule has 0 fully saturated rings. The molecule has 0 aliphatic carbocycles. The molecule has 1 unspecified atom stereocenters. The lowest BCUT2D eigenvalue weighted by atomic mass is 9.97. The van der Waals surface area contributed by atoms with Gasteiger partial charge < -0.3 is 9.57 Å². The lowest BCUT2D eigenvalue weighted by Crippen LogP contribution is -2.12. The van der Waals surface area contributed by atoms with E-state index in [0.29, 0.717) is 0 Å². The van der Waals surface area contributed by atoms with Crippen molar-refractivity contribution in [1.29, 1.82) is 5.26 Å². The van der Waals surface area contributed by atoms with Crippen LogP contribution < -0.4 is 4.74 Å². The summed E-state index contributed by atoms with van der Waals surface area (Å²) in [7, 11) is 1.43. The molecule has 0 spiro atoms. The monoisotopic (exact) mass is 294 g/mol. The maximum atomic E-state index is 9.28. The third-order valence-electron chi connectivity index (χ3n) is 3.24. The smallest absolute Gasteiger partial charge is 0.187 e. The van der Waals surface area contributed by atoms with E-state index in [1.165, 1.54) is 7.11 Å². The Labute approximate surface area is 130 Å². The number of nitriles is 1. The second kappa shape index (κ2) is 7.84. The van der Waals surface area contributed by atoms with Crippen LogP contribution in [-0.4, -0.2) is 12.8 Å². The molecule has 0 saturated carbocycles. The standard InChI is InChI=1S/C18H18N2O2/c1-3-18(22-14-9-5-4-6-10-14)16-12-8-7-11-15(16)17(13-19)20-21-2/h4-12,18H,3H2,1-2H3. The Bertz CT molecular complexity index is 675. The highest BCUT2D eigenvalue weighted by atomic mass is 16.6. The maximum absolute atomic E-state index is 9.28. The molecule has 0 saturated heterocycles. The Morgan fingerprint density at radius 2 is 1.82 bits per heavy atom. The summed E-state index contributed by atoms with van der Waals surface area (Å²) in [5, 5.41) is 13.1. The number of hydrogen-bond acceptors (Lipinski definition) is 4. The number of para-hydroxylation sites is 1. The van der Waals surface area contributed by atoms with Gasteiger partial charge in [0.05, 0.1) is 0 Å². The predicted molar refractivity (Wildman–Crippen MR) is 85.7 cm³/mol. The van der Waals surface area contributed by atoms with Gasteiger partial charge in [0, 0.05) is 11.1 Å². The molecule has 2 aromatic rings. The number of hydrogen-bond donors (Lipinski definition) is 0. The quantitative estimate of drug-likeness (QED) is 0.595. The summed E-state index contributed by atoms with van der Waals surface area (Å²) in [5.74, 6) is 0.798. The highest BCUT2D eigenvalue weighted by Crippen LogP contribution is 2.27. The van der Waals surface area contributed by atoms with Crippen molar-refractivity contribution in [2.45, 2.75) is 19.4 Å². The molecule has 0 aliphatic rings. The highest BCUT2D eigenvalue weighted by Gasteiger charge is 2.18. The van der Waals surface area contributed by atoms with E-state index in [1.807, 2.05) is 61.5 Å². The molecule has 4 nitrogen and oxygen atoms in total. The number of nitrogens with zero attached hydrogens (tertiary/aromatic N) is 2. The summed E-state index contributed by atoms with van der Waals surface area (Å²) in [4.78, 5) is 4.76. The zero-order chi connectivity index (χ0) is 15.8. The molecule has 0 N–H and O–H groups in total. The lowest BCUT2D eigenvalue weighted by Gasteiger charge is -2.20. The van der Waals surface area contributed by atoms with Crippen molar-refractivity contribution < 1.29 is 9.57 Å². The molecule has 0 amide bonds. The molecule has 112 valence electrons. The minimum atomic E-state index is -0.158. The first-order valence-corrected chi connectivity index (χ1v) is 7.12. The summed E-state index contributed by atoms with van der Waals surface area (Å²) in [6, 6.07) is 19.3. The van der Waals surface area contributed by atoms with E-state index in [1.54, 1.807) is 0 Å². The van der Waals surface area contributed by atoms with Crippen LogP contribution in [0.15, 0.2) is 59.8 Å². The van der Waals surface area contributed by atoms with E-state index in [4.69, 9.17) is 9.57 Å². The van der Waals surface area contributed by atoms with Crippen LogP contribution in [0.25, 0.3) is 0 Å². The summed E-state index contributed by atoms with van der Waals surface area (Å²) in [6.45, 7) is 2.05. The van der Waals surface area contributed by atoms with Crippen LogP contribution in [0, 0.1) is 11.3 Å². The average molecular weight is 294 g/mol. The van der Waals surface area contributed by atoms with Gasteiger partial charge in [-0.05, 0) is 18.6 Å². The molecule has 2 rings (SSSR count). The predicted octanol–water partition coefficient (Wildman–Crippen LogP) is 4.09. The normalized spacial score (nSPS) is 12.3. The summed E-state index contributed by atoms with van der Waals surface area (Å²) < 4.78 is 6.06. The van der Waals surface area contributed by atoms with E-state index >= 15 is 0 Å². The first-order valence-electron chi connectivity index (χ1n) is 7.12. The molecular weight excluding hydrogens is 276 g/mol. The van der Waals surface area contributed by atoms with Crippen LogP contribution in [-0.2, 0) is 4.84 Å². The van der Waals surface area contributed by atoms with Crippen LogP contribution in [0.2, 0.25) is 0 Å². The molecule has 0 aliphatic heterocycles. The van der Waals surface area contributed by atoms with Crippen molar-refractivity contribution in [3.63, 3.8) is 0 Å². The van der Waals surface area contributed by atoms with Crippen molar-refractivity contribution in [3.05, 3.63) is 65.7 Å². The summed E-state index contributed by atoms with van der Waals surface area (Å²) in [6.07, 6.45) is 0.617. The number of ether oxygens (including phenoxy) is 1.